The fourth-order valence-corrected chi connectivity index (χ4v) is 3.36. The minimum Gasteiger partial charge on any atom is -0.390 e. The second-order valence-electron chi connectivity index (χ2n) is 4.35. The molecule has 0 amide bonds. The Bertz CT molecular complexity index is 737. The Labute approximate surface area is 130 Å². The molecule has 21 heavy (non-hydrogen) atoms. The molecule has 0 fully saturated rings. The van der Waals surface area contributed by atoms with Crippen LogP contribution in [0, 0.1) is 5.82 Å². The molecule has 1 aromatic heterocycles. The van der Waals surface area contributed by atoms with Crippen molar-refractivity contribution < 1.29 is 17.9 Å². The largest absolute Gasteiger partial charge is 0.390 e. The summed E-state index contributed by atoms with van der Waals surface area (Å²) in [7, 11) is -3.79. The highest BCUT2D eigenvalue weighted by Gasteiger charge is 2.18. The lowest BCUT2D eigenvalue weighted by Gasteiger charge is -2.07. The van der Waals surface area contributed by atoms with Crippen LogP contribution in [-0.4, -0.2) is 18.1 Å². The van der Waals surface area contributed by atoms with Crippen LogP contribution in [0.5, 0.6) is 0 Å². The van der Waals surface area contributed by atoms with E-state index in [1.807, 2.05) is 6.92 Å². The molecule has 0 saturated heterocycles. The third kappa shape index (κ3) is 3.45. The summed E-state index contributed by atoms with van der Waals surface area (Å²) in [5.74, 6) is -0.474. The third-order valence-corrected chi connectivity index (χ3v) is 4.90. The highest BCUT2D eigenvalue weighted by Crippen LogP contribution is 2.23. The van der Waals surface area contributed by atoms with Gasteiger partial charge in [0.1, 0.15) is 10.7 Å². The Morgan fingerprint density at radius 2 is 2.10 bits per heavy atom. The zero-order valence-corrected chi connectivity index (χ0v) is 13.6. The van der Waals surface area contributed by atoms with E-state index in [1.165, 1.54) is 24.4 Å². The number of aryl methyl sites for hydroxylation is 1. The van der Waals surface area contributed by atoms with Crippen LogP contribution in [0.1, 0.15) is 12.6 Å². The van der Waals surface area contributed by atoms with Gasteiger partial charge in [-0.2, -0.15) is 0 Å². The van der Waals surface area contributed by atoms with Crippen molar-refractivity contribution in [3.63, 3.8) is 0 Å². The number of aliphatic hydroxyl groups excluding tert-OH is 1. The Morgan fingerprint density at radius 3 is 2.62 bits per heavy atom. The van der Waals surface area contributed by atoms with E-state index in [0.717, 1.165) is 6.07 Å². The van der Waals surface area contributed by atoms with Gasteiger partial charge >= 0.3 is 0 Å². The maximum Gasteiger partial charge on any atom is 0.263 e. The molecule has 0 aliphatic heterocycles. The maximum atomic E-state index is 13.1. The van der Waals surface area contributed by atoms with Gasteiger partial charge in [0.25, 0.3) is 10.0 Å². The van der Waals surface area contributed by atoms with E-state index >= 15 is 0 Å². The summed E-state index contributed by atoms with van der Waals surface area (Å²) in [6.07, 6.45) is 1.45. The van der Waals surface area contributed by atoms with Gasteiger partial charge in [-0.15, -0.1) is 0 Å². The first-order chi connectivity index (χ1) is 9.87. The van der Waals surface area contributed by atoms with Crippen molar-refractivity contribution in [3.8, 4) is 0 Å². The Hall–Kier alpha value is -1.38. The number of aromatic nitrogens is 1. The summed E-state index contributed by atoms with van der Waals surface area (Å²) < 4.78 is 41.9. The van der Waals surface area contributed by atoms with Crippen LogP contribution in [0.4, 0.5) is 10.1 Å². The van der Waals surface area contributed by atoms with Crippen molar-refractivity contribution in [1.29, 1.82) is 0 Å². The first kappa shape index (κ1) is 16.0. The molecule has 0 radical (unpaired) electrons. The van der Waals surface area contributed by atoms with Gasteiger partial charge in [0, 0.05) is 18.4 Å². The molecule has 0 bridgehead atoms. The number of sulfonamides is 1. The molecule has 2 aromatic rings. The van der Waals surface area contributed by atoms with Crippen LogP contribution < -0.4 is 4.72 Å². The van der Waals surface area contributed by atoms with E-state index in [-0.39, 0.29) is 21.7 Å². The number of nitrogens with one attached hydrogen (secondary N) is 1. The van der Waals surface area contributed by atoms with Crippen molar-refractivity contribution in [1.82, 2.24) is 4.57 Å². The summed E-state index contributed by atoms with van der Waals surface area (Å²) in [6, 6.07) is 5.25. The van der Waals surface area contributed by atoms with Crippen molar-refractivity contribution in [2.75, 3.05) is 4.72 Å². The van der Waals surface area contributed by atoms with Gasteiger partial charge < -0.3 is 9.67 Å². The van der Waals surface area contributed by atoms with E-state index < -0.39 is 15.8 Å². The monoisotopic (exact) mass is 376 g/mol. The van der Waals surface area contributed by atoms with Gasteiger partial charge in [-0.25, -0.2) is 12.8 Å². The number of benzene rings is 1. The molecule has 5 nitrogen and oxygen atoms in total. The first-order valence-corrected chi connectivity index (χ1v) is 8.42. The quantitative estimate of drug-likeness (QED) is 0.842. The number of hydrogen-bond donors (Lipinski definition) is 2. The Kier molecular flexibility index (Phi) is 4.70. The number of nitrogens with zero attached hydrogens (tertiary/aromatic N) is 1. The summed E-state index contributed by atoms with van der Waals surface area (Å²) in [5.41, 5.74) is 0.760. The van der Waals surface area contributed by atoms with Gasteiger partial charge in [-0.05, 0) is 47.1 Å². The van der Waals surface area contributed by atoms with Crippen molar-refractivity contribution in [2.45, 2.75) is 25.0 Å². The minimum absolute atomic E-state index is 0.0499. The molecule has 2 rings (SSSR count). The molecule has 0 saturated carbocycles. The highest BCUT2D eigenvalue weighted by atomic mass is 79.9. The number of rotatable bonds is 5. The molecule has 114 valence electrons. The lowest BCUT2D eigenvalue weighted by atomic mass is 10.3. The van der Waals surface area contributed by atoms with E-state index in [4.69, 9.17) is 0 Å². The Morgan fingerprint density at radius 1 is 1.38 bits per heavy atom. The average Bonchev–Trinajstić information content (AvgIpc) is 2.86. The van der Waals surface area contributed by atoms with Crippen LogP contribution in [0.15, 0.2) is 39.8 Å². The van der Waals surface area contributed by atoms with Gasteiger partial charge in [-0.3, -0.25) is 4.72 Å². The molecule has 0 unspecified atom stereocenters. The second kappa shape index (κ2) is 6.17. The topological polar surface area (TPSA) is 71.3 Å². The van der Waals surface area contributed by atoms with Crippen LogP contribution in [0.2, 0.25) is 0 Å². The molecule has 0 atom stereocenters. The standard InChI is InChI=1S/C13H14BrFN2O3S/c1-2-17-7-11(6-10(17)8-18)21(19,20)16-9-3-4-13(15)12(14)5-9/h3-7,16,18H,2,8H2,1H3. The molecule has 8 heteroatoms. The summed E-state index contributed by atoms with van der Waals surface area (Å²) in [5, 5.41) is 9.20. The lowest BCUT2D eigenvalue weighted by Crippen LogP contribution is -2.12. The molecular weight excluding hydrogens is 363 g/mol. The number of halogens is 2. The van der Waals surface area contributed by atoms with E-state index in [1.54, 1.807) is 4.57 Å². The lowest BCUT2D eigenvalue weighted by molar-refractivity contribution is 0.271. The van der Waals surface area contributed by atoms with E-state index in [2.05, 4.69) is 20.7 Å². The van der Waals surface area contributed by atoms with Crippen LogP contribution in [0.3, 0.4) is 0 Å². The first-order valence-electron chi connectivity index (χ1n) is 6.15. The summed E-state index contributed by atoms with van der Waals surface area (Å²) in [4.78, 5) is 0.0499. The van der Waals surface area contributed by atoms with E-state index in [0.29, 0.717) is 12.2 Å². The predicted molar refractivity (Wildman–Crippen MR) is 80.9 cm³/mol. The number of anilines is 1. The predicted octanol–water partition coefficient (Wildman–Crippen LogP) is 2.70. The van der Waals surface area contributed by atoms with Gasteiger partial charge in [0.05, 0.1) is 16.8 Å². The number of aliphatic hydroxyl groups is 1. The van der Waals surface area contributed by atoms with Crippen molar-refractivity contribution >= 4 is 31.6 Å². The smallest absolute Gasteiger partial charge is 0.263 e. The summed E-state index contributed by atoms with van der Waals surface area (Å²) in [6.45, 7) is 2.15. The minimum atomic E-state index is -3.79. The zero-order chi connectivity index (χ0) is 15.6. The van der Waals surface area contributed by atoms with Crippen LogP contribution in [0.25, 0.3) is 0 Å². The van der Waals surface area contributed by atoms with Crippen molar-refractivity contribution in [3.05, 3.63) is 46.4 Å². The highest BCUT2D eigenvalue weighted by molar-refractivity contribution is 9.10. The zero-order valence-electron chi connectivity index (χ0n) is 11.2. The van der Waals surface area contributed by atoms with Crippen molar-refractivity contribution in [2.24, 2.45) is 0 Å². The Balaban J connectivity index is 2.33. The van der Waals surface area contributed by atoms with Crippen LogP contribution in [-0.2, 0) is 23.2 Å². The van der Waals surface area contributed by atoms with Gasteiger partial charge in [0.2, 0.25) is 0 Å². The van der Waals surface area contributed by atoms with Gasteiger partial charge in [-0.1, -0.05) is 0 Å². The fraction of sp³-hybridized carbons (Fsp3) is 0.231. The normalized spacial score (nSPS) is 11.6. The fourth-order valence-electron chi connectivity index (χ4n) is 1.87. The maximum absolute atomic E-state index is 13.1. The van der Waals surface area contributed by atoms with Gasteiger partial charge in [0.15, 0.2) is 0 Å². The average molecular weight is 377 g/mol. The molecule has 2 N–H and O–H groups in total. The van der Waals surface area contributed by atoms with E-state index in [9.17, 15) is 17.9 Å². The molecule has 0 aliphatic carbocycles. The molecular formula is C13H14BrFN2O3S. The molecule has 0 spiro atoms. The second-order valence-corrected chi connectivity index (χ2v) is 6.88. The molecule has 1 aromatic carbocycles. The van der Waals surface area contributed by atoms with Crippen LogP contribution >= 0.6 is 15.9 Å². The molecule has 0 aliphatic rings. The summed E-state index contributed by atoms with van der Waals surface area (Å²) >= 11 is 3.00. The molecule has 1 heterocycles. The third-order valence-electron chi connectivity index (χ3n) is 2.95. The number of hydrogen-bond acceptors (Lipinski definition) is 3. The SMILES string of the molecule is CCn1cc(S(=O)(=O)Nc2ccc(F)c(Br)c2)cc1CO.